The third kappa shape index (κ3) is 1.67. The van der Waals surface area contributed by atoms with Crippen LogP contribution in [0.5, 0.6) is 0 Å². The molecule has 1 fully saturated rings. The monoisotopic (exact) mass is 209 g/mol. The molecule has 0 spiro atoms. The third-order valence-electron chi connectivity index (χ3n) is 3.25. The molecule has 84 valence electrons. The SMILES string of the molecule is CC(C)(C)c1noc(C2(CN)CCC2)n1. The van der Waals surface area contributed by atoms with Crippen molar-refractivity contribution < 1.29 is 4.52 Å². The molecular weight excluding hydrogens is 190 g/mol. The van der Waals surface area contributed by atoms with E-state index < -0.39 is 0 Å². The minimum absolute atomic E-state index is 0.0174. The van der Waals surface area contributed by atoms with Crippen LogP contribution in [0.2, 0.25) is 0 Å². The van der Waals surface area contributed by atoms with Crippen molar-refractivity contribution in [3.8, 4) is 0 Å². The first-order valence-corrected chi connectivity index (χ1v) is 5.53. The van der Waals surface area contributed by atoms with Gasteiger partial charge in [-0.25, -0.2) is 0 Å². The third-order valence-corrected chi connectivity index (χ3v) is 3.25. The maximum Gasteiger partial charge on any atom is 0.234 e. The highest BCUT2D eigenvalue weighted by Crippen LogP contribution is 2.42. The number of hydrogen-bond acceptors (Lipinski definition) is 4. The second kappa shape index (κ2) is 3.30. The topological polar surface area (TPSA) is 64.9 Å². The largest absolute Gasteiger partial charge is 0.339 e. The molecule has 4 nitrogen and oxygen atoms in total. The lowest BCUT2D eigenvalue weighted by Gasteiger charge is -2.36. The molecule has 1 aromatic rings. The van der Waals surface area contributed by atoms with Crippen molar-refractivity contribution in [1.82, 2.24) is 10.1 Å². The van der Waals surface area contributed by atoms with Gasteiger partial charge in [-0.2, -0.15) is 4.98 Å². The van der Waals surface area contributed by atoms with E-state index >= 15 is 0 Å². The summed E-state index contributed by atoms with van der Waals surface area (Å²) in [5, 5.41) is 4.04. The predicted octanol–water partition coefficient (Wildman–Crippen LogP) is 1.75. The quantitative estimate of drug-likeness (QED) is 0.805. The van der Waals surface area contributed by atoms with Gasteiger partial charge >= 0.3 is 0 Å². The van der Waals surface area contributed by atoms with Crippen LogP contribution in [-0.2, 0) is 10.8 Å². The molecule has 0 amide bonds. The molecule has 1 aromatic heterocycles. The van der Waals surface area contributed by atoms with Gasteiger partial charge in [0, 0.05) is 12.0 Å². The highest BCUT2D eigenvalue weighted by molar-refractivity contribution is 5.13. The van der Waals surface area contributed by atoms with Crippen LogP contribution >= 0.6 is 0 Å². The van der Waals surface area contributed by atoms with E-state index in [0.29, 0.717) is 6.54 Å². The number of aromatic nitrogens is 2. The van der Waals surface area contributed by atoms with Crippen molar-refractivity contribution in [2.45, 2.75) is 50.9 Å². The van der Waals surface area contributed by atoms with Crippen LogP contribution in [0.25, 0.3) is 0 Å². The summed E-state index contributed by atoms with van der Waals surface area (Å²) in [6, 6.07) is 0. The van der Waals surface area contributed by atoms with E-state index in [2.05, 4.69) is 30.9 Å². The van der Waals surface area contributed by atoms with Gasteiger partial charge in [-0.15, -0.1) is 0 Å². The fourth-order valence-electron chi connectivity index (χ4n) is 1.85. The Balaban J connectivity index is 2.27. The molecule has 0 bridgehead atoms. The number of hydrogen-bond donors (Lipinski definition) is 1. The molecule has 0 saturated heterocycles. The van der Waals surface area contributed by atoms with Crippen LogP contribution in [-0.4, -0.2) is 16.7 Å². The molecule has 0 atom stereocenters. The Labute approximate surface area is 90.2 Å². The molecule has 2 N–H and O–H groups in total. The van der Waals surface area contributed by atoms with Crippen LogP contribution in [0.1, 0.15) is 51.7 Å². The molecule has 0 aliphatic heterocycles. The van der Waals surface area contributed by atoms with Gasteiger partial charge in [0.05, 0.1) is 5.41 Å². The summed E-state index contributed by atoms with van der Waals surface area (Å²) >= 11 is 0. The van der Waals surface area contributed by atoms with Gasteiger partial charge in [-0.05, 0) is 12.8 Å². The molecule has 4 heteroatoms. The maximum atomic E-state index is 5.79. The molecule has 0 radical (unpaired) electrons. The molecule has 2 rings (SSSR count). The van der Waals surface area contributed by atoms with Gasteiger partial charge in [-0.3, -0.25) is 0 Å². The van der Waals surface area contributed by atoms with E-state index in [1.54, 1.807) is 0 Å². The summed E-state index contributed by atoms with van der Waals surface area (Å²) in [4.78, 5) is 4.49. The van der Waals surface area contributed by atoms with Crippen molar-refractivity contribution in [3.05, 3.63) is 11.7 Å². The van der Waals surface area contributed by atoms with Gasteiger partial charge in [0.15, 0.2) is 5.82 Å². The molecule has 1 aliphatic carbocycles. The first-order valence-electron chi connectivity index (χ1n) is 5.53. The van der Waals surface area contributed by atoms with E-state index in [0.717, 1.165) is 24.6 Å². The zero-order chi connectivity index (χ0) is 11.1. The van der Waals surface area contributed by atoms with Crippen molar-refractivity contribution >= 4 is 0 Å². The van der Waals surface area contributed by atoms with Gasteiger partial charge in [0.2, 0.25) is 5.89 Å². The molecule has 0 unspecified atom stereocenters. The Bertz CT molecular complexity index is 341. The van der Waals surface area contributed by atoms with Crippen LogP contribution in [0, 0.1) is 0 Å². The summed E-state index contributed by atoms with van der Waals surface area (Å²) in [6.45, 7) is 6.85. The highest BCUT2D eigenvalue weighted by Gasteiger charge is 2.43. The Morgan fingerprint density at radius 2 is 2.07 bits per heavy atom. The fourth-order valence-corrected chi connectivity index (χ4v) is 1.85. The number of nitrogens with zero attached hydrogens (tertiary/aromatic N) is 2. The maximum absolute atomic E-state index is 5.79. The summed E-state index contributed by atoms with van der Waals surface area (Å²) in [5.41, 5.74) is 5.72. The minimum atomic E-state index is -0.0543. The predicted molar refractivity (Wildman–Crippen MR) is 57.6 cm³/mol. The van der Waals surface area contributed by atoms with Crippen LogP contribution < -0.4 is 5.73 Å². The van der Waals surface area contributed by atoms with Gasteiger partial charge < -0.3 is 10.3 Å². The smallest absolute Gasteiger partial charge is 0.234 e. The molecular formula is C11H19N3O. The van der Waals surface area contributed by atoms with E-state index in [1.807, 2.05) is 0 Å². The normalized spacial score (nSPS) is 20.0. The Kier molecular flexibility index (Phi) is 2.34. The lowest BCUT2D eigenvalue weighted by Crippen LogP contribution is -2.41. The molecule has 1 heterocycles. The summed E-state index contributed by atoms with van der Waals surface area (Å²) in [5.74, 6) is 1.51. The van der Waals surface area contributed by atoms with E-state index in [4.69, 9.17) is 10.3 Å². The zero-order valence-corrected chi connectivity index (χ0v) is 9.71. The summed E-state index contributed by atoms with van der Waals surface area (Å²) in [6.07, 6.45) is 3.37. The average molecular weight is 209 g/mol. The van der Waals surface area contributed by atoms with Gasteiger partial charge in [0.25, 0.3) is 0 Å². The molecule has 1 aliphatic rings. The van der Waals surface area contributed by atoms with Crippen molar-refractivity contribution in [2.24, 2.45) is 5.73 Å². The molecule has 15 heavy (non-hydrogen) atoms. The lowest BCUT2D eigenvalue weighted by molar-refractivity contribution is 0.181. The molecule has 1 saturated carbocycles. The Hall–Kier alpha value is -0.900. The van der Waals surface area contributed by atoms with E-state index in [1.165, 1.54) is 6.42 Å². The Morgan fingerprint density at radius 3 is 2.40 bits per heavy atom. The zero-order valence-electron chi connectivity index (χ0n) is 9.71. The molecule has 0 aromatic carbocycles. The van der Waals surface area contributed by atoms with E-state index in [9.17, 15) is 0 Å². The Morgan fingerprint density at radius 1 is 1.40 bits per heavy atom. The summed E-state index contributed by atoms with van der Waals surface area (Å²) in [7, 11) is 0. The van der Waals surface area contributed by atoms with Gasteiger partial charge in [-0.1, -0.05) is 32.3 Å². The van der Waals surface area contributed by atoms with E-state index in [-0.39, 0.29) is 10.8 Å². The van der Waals surface area contributed by atoms with Crippen LogP contribution in [0.3, 0.4) is 0 Å². The van der Waals surface area contributed by atoms with Gasteiger partial charge in [0.1, 0.15) is 0 Å². The average Bonchev–Trinajstić information content (AvgIpc) is 2.51. The van der Waals surface area contributed by atoms with Crippen LogP contribution in [0.15, 0.2) is 4.52 Å². The standard InChI is InChI=1S/C11H19N3O/c1-10(2,3)8-13-9(15-14-8)11(7-12)5-4-6-11/h4-7,12H2,1-3H3. The van der Waals surface area contributed by atoms with Crippen molar-refractivity contribution in [3.63, 3.8) is 0 Å². The van der Waals surface area contributed by atoms with Crippen molar-refractivity contribution in [1.29, 1.82) is 0 Å². The van der Waals surface area contributed by atoms with Crippen LogP contribution in [0.4, 0.5) is 0 Å². The van der Waals surface area contributed by atoms with Crippen molar-refractivity contribution in [2.75, 3.05) is 6.54 Å². The second-order valence-electron chi connectivity index (χ2n) is 5.51. The number of nitrogens with two attached hydrogens (primary N) is 1. The lowest BCUT2D eigenvalue weighted by atomic mass is 9.68. The first kappa shape index (κ1) is 10.6. The second-order valence-corrected chi connectivity index (χ2v) is 5.51. The highest BCUT2D eigenvalue weighted by atomic mass is 16.5. The minimum Gasteiger partial charge on any atom is -0.339 e. The summed E-state index contributed by atoms with van der Waals surface area (Å²) < 4.78 is 5.35. The fraction of sp³-hybridized carbons (Fsp3) is 0.818. The first-order chi connectivity index (χ1) is 6.98. The number of rotatable bonds is 2.